The predicted molar refractivity (Wildman–Crippen MR) is 141 cm³/mol. The van der Waals surface area contributed by atoms with E-state index in [-0.39, 0.29) is 23.9 Å². The number of hydrogen-bond acceptors (Lipinski definition) is 8. The van der Waals surface area contributed by atoms with Crippen molar-refractivity contribution in [1.29, 1.82) is 0 Å². The number of nitrogens with two attached hydrogens (primary N) is 1. The summed E-state index contributed by atoms with van der Waals surface area (Å²) in [6, 6.07) is 5.21. The summed E-state index contributed by atoms with van der Waals surface area (Å²) >= 11 is 6.58. The molecule has 1 spiro atoms. The maximum Gasteiger partial charge on any atom is 0.163 e. The van der Waals surface area contributed by atoms with E-state index in [1.807, 2.05) is 13.8 Å². The highest BCUT2D eigenvalue weighted by Gasteiger charge is 2.52. The molecule has 9 heteroatoms. The number of ketones is 1. The van der Waals surface area contributed by atoms with Gasteiger partial charge in [0, 0.05) is 35.3 Å². The number of aromatic nitrogens is 2. The summed E-state index contributed by atoms with van der Waals surface area (Å²) in [6.45, 7) is 8.82. The van der Waals surface area contributed by atoms with Crippen molar-refractivity contribution in [3.63, 3.8) is 0 Å². The zero-order valence-electron chi connectivity index (χ0n) is 21.3. The fourth-order valence-corrected chi connectivity index (χ4v) is 5.50. The average molecular weight is 515 g/mol. The number of anilines is 1. The van der Waals surface area contributed by atoms with Gasteiger partial charge >= 0.3 is 0 Å². The van der Waals surface area contributed by atoms with Gasteiger partial charge in [-0.25, -0.2) is 9.97 Å². The Balaban J connectivity index is 1.75. The second kappa shape index (κ2) is 10.4. The van der Waals surface area contributed by atoms with Gasteiger partial charge in [-0.05, 0) is 58.2 Å². The highest BCUT2D eigenvalue weighted by molar-refractivity contribution is 6.33. The van der Waals surface area contributed by atoms with E-state index >= 15 is 0 Å². The summed E-state index contributed by atoms with van der Waals surface area (Å²) in [5.41, 5.74) is 8.82. The van der Waals surface area contributed by atoms with Crippen molar-refractivity contribution in [2.45, 2.75) is 65.6 Å². The number of hydrogen-bond donors (Lipinski definition) is 3. The highest BCUT2D eigenvalue weighted by atomic mass is 35.5. The number of allylic oxidation sites excluding steroid dienone is 2. The van der Waals surface area contributed by atoms with Crippen LogP contribution in [-0.4, -0.2) is 57.9 Å². The largest absolute Gasteiger partial charge is 0.491 e. The molecule has 1 aliphatic carbocycles. The molecule has 2 aliphatic rings. The van der Waals surface area contributed by atoms with Crippen molar-refractivity contribution in [2.75, 3.05) is 24.6 Å². The summed E-state index contributed by atoms with van der Waals surface area (Å²) in [5, 5.41) is 20.3. The molecule has 2 aromatic rings. The van der Waals surface area contributed by atoms with E-state index < -0.39 is 6.10 Å². The molecule has 1 aliphatic heterocycles. The molecular formula is C27H35ClN4O4. The van der Waals surface area contributed by atoms with Gasteiger partial charge in [0.25, 0.3) is 0 Å². The smallest absolute Gasteiger partial charge is 0.163 e. The van der Waals surface area contributed by atoms with Crippen LogP contribution < -0.4 is 15.4 Å². The Bertz CT molecular complexity index is 1180. The van der Waals surface area contributed by atoms with E-state index in [1.165, 1.54) is 6.92 Å². The van der Waals surface area contributed by atoms with Gasteiger partial charge in [0.05, 0.1) is 28.5 Å². The SMILES string of the molecule is CCC[C@@H](O)COc1ccc(Cl)c(-c2nc(C(C(C)=O)=C(C)N)c(C)c(N3CC4(CC(O)C4)C3)n2)c1. The lowest BCUT2D eigenvalue weighted by Gasteiger charge is -2.58. The average Bonchev–Trinajstić information content (AvgIpc) is 2.76. The van der Waals surface area contributed by atoms with Crippen LogP contribution in [0.4, 0.5) is 5.82 Å². The van der Waals surface area contributed by atoms with Crippen LogP contribution in [0.15, 0.2) is 23.9 Å². The fourth-order valence-electron chi connectivity index (χ4n) is 5.29. The Morgan fingerprint density at radius 3 is 2.58 bits per heavy atom. The Morgan fingerprint density at radius 1 is 1.31 bits per heavy atom. The number of benzene rings is 1. The lowest BCUT2D eigenvalue weighted by Crippen LogP contribution is -2.64. The number of ether oxygens (including phenoxy) is 1. The summed E-state index contributed by atoms with van der Waals surface area (Å²) in [5.74, 6) is 1.46. The number of aliphatic hydroxyl groups is 2. The maximum atomic E-state index is 12.6. The summed E-state index contributed by atoms with van der Waals surface area (Å²) in [4.78, 5) is 24.4. The Kier molecular flexibility index (Phi) is 7.59. The maximum absolute atomic E-state index is 12.6. The van der Waals surface area contributed by atoms with Crippen LogP contribution >= 0.6 is 11.6 Å². The van der Waals surface area contributed by atoms with Crippen LogP contribution in [0.25, 0.3) is 17.0 Å². The van der Waals surface area contributed by atoms with E-state index in [2.05, 4.69) is 4.90 Å². The number of nitrogens with zero attached hydrogens (tertiary/aromatic N) is 3. The molecule has 8 nitrogen and oxygen atoms in total. The second-order valence-corrected chi connectivity index (χ2v) is 10.7. The molecule has 4 rings (SSSR count). The molecule has 1 aromatic carbocycles. The number of carbonyl (C=O) groups excluding carboxylic acids is 1. The molecule has 0 radical (unpaired) electrons. The van der Waals surface area contributed by atoms with Crippen LogP contribution in [0.1, 0.15) is 57.7 Å². The van der Waals surface area contributed by atoms with E-state index in [4.69, 9.17) is 32.0 Å². The normalized spacial score (nSPS) is 18.4. The number of carbonyl (C=O) groups is 1. The molecule has 194 valence electrons. The molecule has 1 aromatic heterocycles. The third-order valence-electron chi connectivity index (χ3n) is 7.04. The van der Waals surface area contributed by atoms with Crippen molar-refractivity contribution in [2.24, 2.45) is 11.1 Å². The van der Waals surface area contributed by atoms with Gasteiger partial charge in [0.1, 0.15) is 18.2 Å². The van der Waals surface area contributed by atoms with Crippen LogP contribution in [0.3, 0.4) is 0 Å². The number of rotatable bonds is 9. The monoisotopic (exact) mass is 514 g/mol. The van der Waals surface area contributed by atoms with Gasteiger partial charge in [-0.15, -0.1) is 0 Å². The number of halogens is 1. The number of Topliss-reactive ketones (excluding diaryl/α,β-unsaturated/α-hetero) is 1. The van der Waals surface area contributed by atoms with Gasteiger partial charge in [0.15, 0.2) is 11.6 Å². The van der Waals surface area contributed by atoms with Crippen LogP contribution in [-0.2, 0) is 4.79 Å². The first-order chi connectivity index (χ1) is 17.0. The minimum atomic E-state index is -0.553. The summed E-state index contributed by atoms with van der Waals surface area (Å²) in [7, 11) is 0. The molecule has 0 unspecified atom stereocenters. The van der Waals surface area contributed by atoms with Crippen LogP contribution in [0.5, 0.6) is 5.75 Å². The molecule has 0 bridgehead atoms. The topological polar surface area (TPSA) is 122 Å². The minimum Gasteiger partial charge on any atom is -0.491 e. The van der Waals surface area contributed by atoms with Gasteiger partial charge in [-0.1, -0.05) is 24.9 Å². The quantitative estimate of drug-likeness (QED) is 0.431. The molecule has 2 fully saturated rings. The molecule has 4 N–H and O–H groups in total. The third kappa shape index (κ3) is 5.21. The predicted octanol–water partition coefficient (Wildman–Crippen LogP) is 3.89. The van der Waals surface area contributed by atoms with Gasteiger partial charge in [0.2, 0.25) is 0 Å². The standard InChI is InChI=1S/C27H35ClN4O4/c1-5-6-18(34)12-36-20-7-8-22(28)21(9-20)25-30-24(23(16(3)29)17(4)33)15(2)26(31-25)32-13-27(14-32)10-19(35)11-27/h7-9,18-19,34-35H,5-6,10-14,29H2,1-4H3/t18-/m1/s1. The van der Waals surface area contributed by atoms with E-state index in [1.54, 1.807) is 25.1 Å². The lowest BCUT2D eigenvalue weighted by molar-refractivity contribution is -0.111. The second-order valence-electron chi connectivity index (χ2n) is 10.3. The molecule has 1 saturated carbocycles. The Hall–Kier alpha value is -2.68. The molecule has 1 atom stereocenters. The highest BCUT2D eigenvalue weighted by Crippen LogP contribution is 2.50. The molecule has 36 heavy (non-hydrogen) atoms. The van der Waals surface area contributed by atoms with Crippen LogP contribution in [0, 0.1) is 12.3 Å². The zero-order chi connectivity index (χ0) is 26.2. The lowest BCUT2D eigenvalue weighted by atomic mass is 9.62. The van der Waals surface area contributed by atoms with Crippen LogP contribution in [0.2, 0.25) is 5.02 Å². The van der Waals surface area contributed by atoms with E-state index in [9.17, 15) is 15.0 Å². The van der Waals surface area contributed by atoms with Crippen molar-refractivity contribution in [3.8, 4) is 17.1 Å². The summed E-state index contributed by atoms with van der Waals surface area (Å²) in [6.07, 6.45) is 2.33. The van der Waals surface area contributed by atoms with E-state index in [0.29, 0.717) is 45.5 Å². The molecule has 2 heterocycles. The summed E-state index contributed by atoms with van der Waals surface area (Å²) < 4.78 is 5.80. The van der Waals surface area contributed by atoms with Gasteiger partial charge in [-0.2, -0.15) is 0 Å². The molecule has 0 amide bonds. The van der Waals surface area contributed by atoms with Crippen molar-refractivity contribution in [1.82, 2.24) is 9.97 Å². The first-order valence-corrected chi connectivity index (χ1v) is 12.8. The number of aliphatic hydroxyl groups excluding tert-OH is 2. The Labute approximate surface area is 217 Å². The minimum absolute atomic E-state index is 0.130. The van der Waals surface area contributed by atoms with Gasteiger partial charge in [-0.3, -0.25) is 4.79 Å². The van der Waals surface area contributed by atoms with Gasteiger partial charge < -0.3 is 25.6 Å². The van der Waals surface area contributed by atoms with Crippen molar-refractivity contribution < 1.29 is 19.7 Å². The molecular weight excluding hydrogens is 480 g/mol. The molecule has 1 saturated heterocycles. The van der Waals surface area contributed by atoms with E-state index in [0.717, 1.165) is 43.7 Å². The van der Waals surface area contributed by atoms with Crippen molar-refractivity contribution in [3.05, 3.63) is 40.2 Å². The van der Waals surface area contributed by atoms with Crippen molar-refractivity contribution >= 4 is 28.8 Å². The zero-order valence-corrected chi connectivity index (χ0v) is 22.1. The fraction of sp³-hybridized carbons (Fsp3) is 0.519. The first-order valence-electron chi connectivity index (χ1n) is 12.4. The Morgan fingerprint density at radius 2 is 2.00 bits per heavy atom. The third-order valence-corrected chi connectivity index (χ3v) is 7.37. The first kappa shape index (κ1) is 26.4.